The molecule has 2 N–H and O–H groups in total. The van der Waals surface area contributed by atoms with Gasteiger partial charge in [0.15, 0.2) is 5.96 Å². The zero-order chi connectivity index (χ0) is 17.2. The Morgan fingerprint density at radius 2 is 1.96 bits per heavy atom. The SMILES string of the molecule is CCc1nncn1CCNC(=NC)NCCCCn1ccnc1C.I. The molecule has 0 amide bonds. The summed E-state index contributed by atoms with van der Waals surface area (Å²) in [4.78, 5) is 8.48. The fourth-order valence-electron chi connectivity index (χ4n) is 2.51. The zero-order valence-corrected chi connectivity index (χ0v) is 17.6. The summed E-state index contributed by atoms with van der Waals surface area (Å²) in [5.41, 5.74) is 0. The standard InChI is InChI=1S/C16H28N8.HI/c1-4-15-22-21-13-24(15)12-9-20-16(17-3)19-7-5-6-10-23-11-8-18-14(23)2;/h8,11,13H,4-7,9-10,12H2,1-3H3,(H2,17,19,20);1H. The summed E-state index contributed by atoms with van der Waals surface area (Å²) in [5.74, 6) is 2.91. The van der Waals surface area contributed by atoms with Gasteiger partial charge < -0.3 is 19.8 Å². The molecular weight excluding hydrogens is 431 g/mol. The van der Waals surface area contributed by atoms with Crippen molar-refractivity contribution >= 4 is 29.9 Å². The van der Waals surface area contributed by atoms with Gasteiger partial charge in [-0.25, -0.2) is 4.98 Å². The van der Waals surface area contributed by atoms with E-state index in [9.17, 15) is 0 Å². The first-order valence-corrected chi connectivity index (χ1v) is 8.53. The van der Waals surface area contributed by atoms with Crippen LogP contribution in [-0.4, -0.2) is 50.4 Å². The Balaban J connectivity index is 0.00000312. The Morgan fingerprint density at radius 3 is 2.64 bits per heavy atom. The fourth-order valence-corrected chi connectivity index (χ4v) is 2.51. The molecule has 9 heteroatoms. The number of aromatic nitrogens is 5. The minimum absolute atomic E-state index is 0. The second-order valence-electron chi connectivity index (χ2n) is 5.59. The number of guanidine groups is 1. The molecule has 140 valence electrons. The highest BCUT2D eigenvalue weighted by molar-refractivity contribution is 14.0. The number of rotatable bonds is 9. The van der Waals surface area contributed by atoms with Crippen LogP contribution in [-0.2, 0) is 19.5 Å². The van der Waals surface area contributed by atoms with Gasteiger partial charge in [0.2, 0.25) is 0 Å². The van der Waals surface area contributed by atoms with Crippen LogP contribution in [0.1, 0.15) is 31.4 Å². The van der Waals surface area contributed by atoms with Crippen molar-refractivity contribution in [3.63, 3.8) is 0 Å². The van der Waals surface area contributed by atoms with Crippen LogP contribution in [0.25, 0.3) is 0 Å². The van der Waals surface area contributed by atoms with Gasteiger partial charge in [-0.2, -0.15) is 0 Å². The molecule has 0 aliphatic heterocycles. The van der Waals surface area contributed by atoms with Crippen LogP contribution >= 0.6 is 24.0 Å². The van der Waals surface area contributed by atoms with Crippen LogP contribution in [0.5, 0.6) is 0 Å². The van der Waals surface area contributed by atoms with Gasteiger partial charge in [-0.3, -0.25) is 4.99 Å². The molecular formula is C16H29IN8. The van der Waals surface area contributed by atoms with E-state index in [0.717, 1.165) is 63.0 Å². The lowest BCUT2D eigenvalue weighted by molar-refractivity contribution is 0.585. The first-order valence-electron chi connectivity index (χ1n) is 8.53. The molecule has 0 spiro atoms. The Labute approximate surface area is 166 Å². The number of aliphatic imine (C=N–C) groups is 1. The molecule has 0 atom stereocenters. The van der Waals surface area contributed by atoms with Crippen LogP contribution in [0.2, 0.25) is 0 Å². The third kappa shape index (κ3) is 7.00. The van der Waals surface area contributed by atoms with E-state index in [1.54, 1.807) is 13.4 Å². The molecule has 0 aliphatic rings. The molecule has 2 aromatic heterocycles. The van der Waals surface area contributed by atoms with E-state index in [2.05, 4.69) is 46.9 Å². The number of nitrogens with zero attached hydrogens (tertiary/aromatic N) is 6. The summed E-state index contributed by atoms with van der Waals surface area (Å²) in [6.07, 6.45) is 8.74. The number of nitrogens with one attached hydrogen (secondary N) is 2. The number of aryl methyl sites for hydroxylation is 3. The smallest absolute Gasteiger partial charge is 0.191 e. The average Bonchev–Trinajstić information content (AvgIpc) is 3.21. The second-order valence-corrected chi connectivity index (χ2v) is 5.59. The fraction of sp³-hybridized carbons (Fsp3) is 0.625. The van der Waals surface area contributed by atoms with E-state index in [0.29, 0.717) is 0 Å². The zero-order valence-electron chi connectivity index (χ0n) is 15.3. The van der Waals surface area contributed by atoms with Crippen molar-refractivity contribution in [3.8, 4) is 0 Å². The largest absolute Gasteiger partial charge is 0.356 e. The summed E-state index contributed by atoms with van der Waals surface area (Å²) >= 11 is 0. The minimum Gasteiger partial charge on any atom is -0.356 e. The molecule has 2 heterocycles. The van der Waals surface area contributed by atoms with Gasteiger partial charge in [0, 0.05) is 52.0 Å². The lowest BCUT2D eigenvalue weighted by Gasteiger charge is -2.13. The third-order valence-corrected chi connectivity index (χ3v) is 3.92. The average molecular weight is 460 g/mol. The van der Waals surface area contributed by atoms with Gasteiger partial charge in [0.05, 0.1) is 0 Å². The molecule has 2 rings (SSSR count). The van der Waals surface area contributed by atoms with E-state index >= 15 is 0 Å². The summed E-state index contributed by atoms with van der Waals surface area (Å²) in [6, 6.07) is 0. The highest BCUT2D eigenvalue weighted by atomic mass is 127. The third-order valence-electron chi connectivity index (χ3n) is 3.92. The van der Waals surface area contributed by atoms with E-state index < -0.39 is 0 Å². The van der Waals surface area contributed by atoms with Crippen molar-refractivity contribution in [1.29, 1.82) is 0 Å². The molecule has 0 radical (unpaired) electrons. The quantitative estimate of drug-likeness (QED) is 0.257. The van der Waals surface area contributed by atoms with Gasteiger partial charge >= 0.3 is 0 Å². The first kappa shape index (κ1) is 21.4. The van der Waals surface area contributed by atoms with Crippen LogP contribution in [0.15, 0.2) is 23.7 Å². The predicted octanol–water partition coefficient (Wildman–Crippen LogP) is 1.61. The van der Waals surface area contributed by atoms with Crippen molar-refractivity contribution < 1.29 is 0 Å². The first-order chi connectivity index (χ1) is 11.7. The Hall–Kier alpha value is -1.65. The van der Waals surface area contributed by atoms with E-state index in [1.807, 2.05) is 19.3 Å². The van der Waals surface area contributed by atoms with Crippen LogP contribution in [0, 0.1) is 6.92 Å². The molecule has 0 saturated carbocycles. The number of hydrogen-bond acceptors (Lipinski definition) is 4. The van der Waals surface area contributed by atoms with Crippen molar-refractivity contribution in [2.75, 3.05) is 20.1 Å². The van der Waals surface area contributed by atoms with Gasteiger partial charge in [-0.15, -0.1) is 34.2 Å². The van der Waals surface area contributed by atoms with Crippen molar-refractivity contribution in [2.24, 2.45) is 4.99 Å². The van der Waals surface area contributed by atoms with Crippen molar-refractivity contribution in [3.05, 3.63) is 30.4 Å². The molecule has 0 aromatic carbocycles. The maximum Gasteiger partial charge on any atom is 0.191 e. The lowest BCUT2D eigenvalue weighted by atomic mass is 10.3. The van der Waals surface area contributed by atoms with Crippen LogP contribution in [0.4, 0.5) is 0 Å². The predicted molar refractivity (Wildman–Crippen MR) is 110 cm³/mol. The summed E-state index contributed by atoms with van der Waals surface area (Å²) in [6.45, 7) is 7.65. The van der Waals surface area contributed by atoms with Gasteiger partial charge in [0.1, 0.15) is 18.0 Å². The Morgan fingerprint density at radius 1 is 1.16 bits per heavy atom. The number of imidazole rings is 1. The van der Waals surface area contributed by atoms with Crippen LogP contribution < -0.4 is 10.6 Å². The Kier molecular flexibility index (Phi) is 10.1. The lowest BCUT2D eigenvalue weighted by Crippen LogP contribution is -2.39. The molecule has 0 aliphatic carbocycles. The van der Waals surface area contributed by atoms with Gasteiger partial charge in [-0.05, 0) is 19.8 Å². The minimum atomic E-state index is 0. The van der Waals surface area contributed by atoms with Crippen molar-refractivity contribution in [2.45, 2.75) is 46.2 Å². The Bertz CT molecular complexity index is 634. The molecule has 25 heavy (non-hydrogen) atoms. The summed E-state index contributed by atoms with van der Waals surface area (Å²) in [5, 5.41) is 14.7. The molecule has 2 aromatic rings. The highest BCUT2D eigenvalue weighted by Gasteiger charge is 2.02. The van der Waals surface area contributed by atoms with E-state index in [-0.39, 0.29) is 24.0 Å². The topological polar surface area (TPSA) is 85.0 Å². The molecule has 0 bridgehead atoms. The van der Waals surface area contributed by atoms with E-state index in [4.69, 9.17) is 0 Å². The monoisotopic (exact) mass is 460 g/mol. The maximum absolute atomic E-state index is 4.25. The normalized spacial score (nSPS) is 11.2. The van der Waals surface area contributed by atoms with Gasteiger partial charge in [-0.1, -0.05) is 6.92 Å². The number of halogens is 1. The molecule has 0 unspecified atom stereocenters. The van der Waals surface area contributed by atoms with Crippen LogP contribution in [0.3, 0.4) is 0 Å². The molecule has 8 nitrogen and oxygen atoms in total. The number of unbranched alkanes of at least 4 members (excludes halogenated alkanes) is 1. The number of hydrogen-bond donors (Lipinski definition) is 2. The summed E-state index contributed by atoms with van der Waals surface area (Å²) < 4.78 is 4.24. The van der Waals surface area contributed by atoms with Crippen molar-refractivity contribution in [1.82, 2.24) is 34.9 Å². The molecule has 0 saturated heterocycles. The maximum atomic E-state index is 4.25. The second kappa shape index (κ2) is 11.8. The molecule has 0 fully saturated rings. The van der Waals surface area contributed by atoms with Gasteiger partial charge in [0.25, 0.3) is 0 Å². The highest BCUT2D eigenvalue weighted by Crippen LogP contribution is 1.99. The summed E-state index contributed by atoms with van der Waals surface area (Å²) in [7, 11) is 1.79. The van der Waals surface area contributed by atoms with E-state index in [1.165, 1.54) is 0 Å².